The van der Waals surface area contributed by atoms with Gasteiger partial charge >= 0.3 is 5.97 Å². The molecule has 0 aliphatic rings. The van der Waals surface area contributed by atoms with Crippen LogP contribution in [0.5, 0.6) is 0 Å². The maximum absolute atomic E-state index is 13.6. The Morgan fingerprint density at radius 3 is 2.94 bits per heavy atom. The van der Waals surface area contributed by atoms with Crippen LogP contribution in [0, 0.1) is 5.82 Å². The largest absolute Gasteiger partial charge is 0.480 e. The molecule has 0 aliphatic heterocycles. The molecule has 1 N–H and O–H groups in total. The molecule has 0 saturated carbocycles. The van der Waals surface area contributed by atoms with Crippen molar-refractivity contribution in [3.05, 3.63) is 40.9 Å². The number of furan rings is 1. The van der Waals surface area contributed by atoms with Gasteiger partial charge in [0.25, 0.3) is 5.56 Å². The highest BCUT2D eigenvalue weighted by Crippen LogP contribution is 2.17. The molecule has 17 heavy (non-hydrogen) atoms. The predicted octanol–water partition coefficient (Wildman–Crippen LogP) is 0.727. The first-order valence-corrected chi connectivity index (χ1v) is 4.60. The first kappa shape index (κ1) is 11.1. The molecule has 0 aliphatic carbocycles. The van der Waals surface area contributed by atoms with E-state index in [1.54, 1.807) is 0 Å². The third kappa shape index (κ3) is 2.07. The molecule has 0 unspecified atom stereocenters. The standard InChI is InChI=1S/C10H7FN2O4/c11-8-9(6-2-1-3-17-6)12-5-13(10(8)16)4-7(14)15/h1-3,5H,4H2,(H,14,15). The Morgan fingerprint density at radius 1 is 1.59 bits per heavy atom. The Hall–Kier alpha value is -2.44. The average Bonchev–Trinajstić information content (AvgIpc) is 2.78. The van der Waals surface area contributed by atoms with E-state index in [-0.39, 0.29) is 11.5 Å². The second kappa shape index (κ2) is 4.20. The number of aromatic nitrogens is 2. The monoisotopic (exact) mass is 238 g/mol. The molecule has 2 rings (SSSR count). The van der Waals surface area contributed by atoms with Crippen LogP contribution < -0.4 is 5.56 Å². The van der Waals surface area contributed by atoms with Crippen LogP contribution in [0.15, 0.2) is 33.9 Å². The molecule has 0 bridgehead atoms. The SMILES string of the molecule is O=C(O)Cn1cnc(-c2ccco2)c(F)c1=O. The molecule has 0 radical (unpaired) electrons. The van der Waals surface area contributed by atoms with Gasteiger partial charge in [-0.3, -0.25) is 14.2 Å². The lowest BCUT2D eigenvalue weighted by molar-refractivity contribution is -0.137. The minimum absolute atomic E-state index is 0.113. The molecular weight excluding hydrogens is 231 g/mol. The normalized spacial score (nSPS) is 10.4. The van der Waals surface area contributed by atoms with Gasteiger partial charge < -0.3 is 9.52 Å². The van der Waals surface area contributed by atoms with E-state index in [4.69, 9.17) is 9.52 Å². The van der Waals surface area contributed by atoms with Crippen molar-refractivity contribution in [3.63, 3.8) is 0 Å². The van der Waals surface area contributed by atoms with E-state index in [0.717, 1.165) is 6.33 Å². The lowest BCUT2D eigenvalue weighted by atomic mass is 10.3. The van der Waals surface area contributed by atoms with E-state index in [1.165, 1.54) is 18.4 Å². The van der Waals surface area contributed by atoms with Crippen molar-refractivity contribution in [2.75, 3.05) is 0 Å². The molecule has 6 nitrogen and oxygen atoms in total. The zero-order valence-corrected chi connectivity index (χ0v) is 8.46. The number of hydrogen-bond donors (Lipinski definition) is 1. The molecule has 0 atom stereocenters. The summed E-state index contributed by atoms with van der Waals surface area (Å²) in [5.74, 6) is -2.27. The van der Waals surface area contributed by atoms with Gasteiger partial charge in [-0.25, -0.2) is 4.98 Å². The number of nitrogens with zero attached hydrogens (tertiary/aromatic N) is 2. The van der Waals surface area contributed by atoms with Crippen molar-refractivity contribution in [2.45, 2.75) is 6.54 Å². The minimum atomic E-state index is -1.25. The summed E-state index contributed by atoms with van der Waals surface area (Å²) in [5.41, 5.74) is -1.28. The lowest BCUT2D eigenvalue weighted by Crippen LogP contribution is -2.27. The fraction of sp³-hybridized carbons (Fsp3) is 0.100. The Kier molecular flexibility index (Phi) is 2.73. The Labute approximate surface area is 93.9 Å². The second-order valence-electron chi connectivity index (χ2n) is 3.21. The van der Waals surface area contributed by atoms with Crippen molar-refractivity contribution in [1.29, 1.82) is 0 Å². The van der Waals surface area contributed by atoms with E-state index in [2.05, 4.69) is 4.98 Å². The molecule has 0 fully saturated rings. The van der Waals surface area contributed by atoms with E-state index >= 15 is 0 Å². The number of carbonyl (C=O) groups is 1. The molecule has 2 heterocycles. The highest BCUT2D eigenvalue weighted by Gasteiger charge is 2.16. The van der Waals surface area contributed by atoms with Crippen LogP contribution in [0.3, 0.4) is 0 Å². The molecule has 88 valence electrons. The molecule has 0 spiro atoms. The molecule has 2 aromatic rings. The van der Waals surface area contributed by atoms with Gasteiger partial charge in [0.1, 0.15) is 12.2 Å². The van der Waals surface area contributed by atoms with Gasteiger partial charge in [0.15, 0.2) is 5.76 Å². The quantitative estimate of drug-likeness (QED) is 0.851. The predicted molar refractivity (Wildman–Crippen MR) is 53.8 cm³/mol. The highest BCUT2D eigenvalue weighted by atomic mass is 19.1. The summed E-state index contributed by atoms with van der Waals surface area (Å²) < 4.78 is 19.2. The Bertz CT molecular complexity index is 603. The van der Waals surface area contributed by atoms with Gasteiger partial charge in [0.2, 0.25) is 5.82 Å². The summed E-state index contributed by atoms with van der Waals surface area (Å²) in [4.78, 5) is 25.5. The number of rotatable bonds is 3. The molecule has 2 aromatic heterocycles. The summed E-state index contributed by atoms with van der Waals surface area (Å²) in [6.45, 7) is -0.638. The molecule has 7 heteroatoms. The number of carboxylic acids is 1. The van der Waals surface area contributed by atoms with Crippen molar-refractivity contribution in [2.24, 2.45) is 0 Å². The topological polar surface area (TPSA) is 85.3 Å². The first-order chi connectivity index (χ1) is 8.09. The van der Waals surface area contributed by atoms with Crippen LogP contribution in [-0.4, -0.2) is 20.6 Å². The van der Waals surface area contributed by atoms with Gasteiger partial charge in [0.05, 0.1) is 12.6 Å². The van der Waals surface area contributed by atoms with Gasteiger partial charge in [-0.2, -0.15) is 4.39 Å². The van der Waals surface area contributed by atoms with Crippen LogP contribution >= 0.6 is 0 Å². The zero-order valence-electron chi connectivity index (χ0n) is 8.46. The van der Waals surface area contributed by atoms with E-state index in [9.17, 15) is 14.0 Å². The minimum Gasteiger partial charge on any atom is -0.480 e. The summed E-state index contributed by atoms with van der Waals surface area (Å²) in [7, 11) is 0. The smallest absolute Gasteiger partial charge is 0.323 e. The van der Waals surface area contributed by atoms with E-state index < -0.39 is 23.9 Å². The highest BCUT2D eigenvalue weighted by molar-refractivity contribution is 5.66. The van der Waals surface area contributed by atoms with E-state index in [1.807, 2.05) is 0 Å². The summed E-state index contributed by atoms with van der Waals surface area (Å²) in [6, 6.07) is 2.98. The van der Waals surface area contributed by atoms with Crippen LogP contribution in [0.2, 0.25) is 0 Å². The number of halogens is 1. The van der Waals surface area contributed by atoms with Gasteiger partial charge in [-0.1, -0.05) is 0 Å². The van der Waals surface area contributed by atoms with Crippen molar-refractivity contribution in [3.8, 4) is 11.5 Å². The molecular formula is C10H7FN2O4. The van der Waals surface area contributed by atoms with Crippen LogP contribution in [0.4, 0.5) is 4.39 Å². The fourth-order valence-electron chi connectivity index (χ4n) is 1.31. The Morgan fingerprint density at radius 2 is 2.35 bits per heavy atom. The summed E-state index contributed by atoms with van der Waals surface area (Å²) in [5, 5.41) is 8.51. The van der Waals surface area contributed by atoms with Crippen molar-refractivity contribution in [1.82, 2.24) is 9.55 Å². The second-order valence-corrected chi connectivity index (χ2v) is 3.21. The lowest BCUT2D eigenvalue weighted by Gasteiger charge is -2.03. The van der Waals surface area contributed by atoms with E-state index in [0.29, 0.717) is 4.57 Å². The van der Waals surface area contributed by atoms with Gasteiger partial charge in [-0.15, -0.1) is 0 Å². The summed E-state index contributed by atoms with van der Waals surface area (Å²) in [6.07, 6.45) is 2.29. The third-order valence-electron chi connectivity index (χ3n) is 2.04. The van der Waals surface area contributed by atoms with Crippen LogP contribution in [-0.2, 0) is 11.3 Å². The van der Waals surface area contributed by atoms with Crippen molar-refractivity contribution < 1.29 is 18.7 Å². The third-order valence-corrected chi connectivity index (χ3v) is 2.04. The van der Waals surface area contributed by atoms with Crippen LogP contribution in [0.1, 0.15) is 0 Å². The van der Waals surface area contributed by atoms with Crippen LogP contribution in [0.25, 0.3) is 11.5 Å². The molecule has 0 amide bonds. The Balaban J connectivity index is 2.50. The molecule has 0 saturated heterocycles. The number of carboxylic acid groups (broad SMARTS) is 1. The number of hydrogen-bond acceptors (Lipinski definition) is 4. The van der Waals surface area contributed by atoms with Gasteiger partial charge in [0, 0.05) is 0 Å². The number of aliphatic carboxylic acids is 1. The maximum Gasteiger partial charge on any atom is 0.323 e. The first-order valence-electron chi connectivity index (χ1n) is 4.60. The zero-order chi connectivity index (χ0) is 12.4. The van der Waals surface area contributed by atoms with Gasteiger partial charge in [-0.05, 0) is 12.1 Å². The fourth-order valence-corrected chi connectivity index (χ4v) is 1.31. The van der Waals surface area contributed by atoms with Crippen molar-refractivity contribution >= 4 is 5.97 Å². The average molecular weight is 238 g/mol. The maximum atomic E-state index is 13.6. The molecule has 0 aromatic carbocycles. The summed E-state index contributed by atoms with van der Waals surface area (Å²) >= 11 is 0.